The average molecular weight is 671 g/mol. The number of benzene rings is 2. The highest BCUT2D eigenvalue weighted by atomic mass is 19.4. The van der Waals surface area contributed by atoms with Gasteiger partial charge in [-0.05, 0) is 59.7 Å². The molecule has 252 valence electrons. The first-order valence-corrected chi connectivity index (χ1v) is 14.9. The molecule has 0 saturated carbocycles. The molecular weight excluding hydrogens is 639 g/mol. The summed E-state index contributed by atoms with van der Waals surface area (Å²) in [6, 6.07) is 7.87. The number of nitrogens with zero attached hydrogens (tertiary/aromatic N) is 3. The first-order chi connectivity index (χ1) is 22.8. The molecule has 0 radical (unpaired) electrons. The van der Waals surface area contributed by atoms with Crippen LogP contribution in [0.2, 0.25) is 0 Å². The van der Waals surface area contributed by atoms with Crippen molar-refractivity contribution in [3.8, 4) is 22.4 Å². The number of hydrogen-bond acceptors (Lipinski definition) is 6. The second-order valence-corrected chi connectivity index (χ2v) is 11.5. The Morgan fingerprint density at radius 1 is 1.00 bits per heavy atom. The summed E-state index contributed by atoms with van der Waals surface area (Å²) >= 11 is 0. The number of amides is 3. The fourth-order valence-corrected chi connectivity index (χ4v) is 5.52. The van der Waals surface area contributed by atoms with Crippen LogP contribution >= 0.6 is 0 Å². The number of carbonyl (C=O) groups is 3. The number of carbonyl (C=O) groups excluding carboxylic acids is 3. The van der Waals surface area contributed by atoms with E-state index in [0.29, 0.717) is 48.6 Å². The number of methoxy groups -OCH3 is 1. The Balaban J connectivity index is 1.37. The monoisotopic (exact) mass is 670 g/mol. The number of likely N-dealkylation sites (tertiary alicyclic amines) is 1. The van der Waals surface area contributed by atoms with Gasteiger partial charge in [-0.2, -0.15) is 17.6 Å². The number of alkyl halides is 3. The van der Waals surface area contributed by atoms with E-state index < -0.39 is 52.8 Å². The molecule has 5 rings (SSSR count). The molecular formula is C33H31F5N6O4. The third-order valence-electron chi connectivity index (χ3n) is 8.00. The Kier molecular flexibility index (Phi) is 9.77. The lowest BCUT2D eigenvalue weighted by Crippen LogP contribution is -2.51. The van der Waals surface area contributed by atoms with Crippen LogP contribution in [-0.2, 0) is 15.7 Å². The number of imidazole rings is 1. The van der Waals surface area contributed by atoms with Gasteiger partial charge >= 0.3 is 12.3 Å². The molecule has 1 aliphatic heterocycles. The van der Waals surface area contributed by atoms with Gasteiger partial charge in [0.05, 0.1) is 41.9 Å². The van der Waals surface area contributed by atoms with Crippen LogP contribution in [0, 0.1) is 17.7 Å². The number of alkyl carbamates (subject to hydrolysis) is 1. The molecule has 2 aromatic carbocycles. The largest absolute Gasteiger partial charge is 0.453 e. The van der Waals surface area contributed by atoms with Crippen molar-refractivity contribution in [1.82, 2.24) is 25.2 Å². The normalized spacial score (nSPS) is 15.4. The molecule has 3 N–H and O–H groups in total. The number of aromatic nitrogens is 3. The predicted octanol–water partition coefficient (Wildman–Crippen LogP) is 6.73. The van der Waals surface area contributed by atoms with Crippen LogP contribution < -0.4 is 10.6 Å². The van der Waals surface area contributed by atoms with Gasteiger partial charge in [-0.3, -0.25) is 9.59 Å². The molecule has 48 heavy (non-hydrogen) atoms. The van der Waals surface area contributed by atoms with Crippen LogP contribution in [0.15, 0.2) is 60.9 Å². The highest BCUT2D eigenvalue weighted by Gasteiger charge is 2.38. The average Bonchev–Trinajstić information content (AvgIpc) is 3.74. The molecule has 4 aromatic rings. The smallest absolute Gasteiger partial charge is 0.417 e. The summed E-state index contributed by atoms with van der Waals surface area (Å²) in [6.45, 7) is 4.08. The molecule has 3 amide bonds. The van der Waals surface area contributed by atoms with E-state index in [4.69, 9.17) is 0 Å². The summed E-state index contributed by atoms with van der Waals surface area (Å²) in [5, 5.41) is 4.68. The summed E-state index contributed by atoms with van der Waals surface area (Å²) in [6.07, 6.45) is -1.84. The number of pyridine rings is 1. The second-order valence-electron chi connectivity index (χ2n) is 11.5. The van der Waals surface area contributed by atoms with Crippen LogP contribution in [0.25, 0.3) is 22.4 Å². The Morgan fingerprint density at radius 2 is 1.71 bits per heavy atom. The molecule has 10 nitrogen and oxygen atoms in total. The van der Waals surface area contributed by atoms with Crippen molar-refractivity contribution in [3.05, 3.63) is 89.6 Å². The van der Waals surface area contributed by atoms with Crippen molar-refractivity contribution in [3.63, 3.8) is 0 Å². The molecule has 0 aliphatic carbocycles. The zero-order valence-corrected chi connectivity index (χ0v) is 26.0. The SMILES string of the molecule is COC(=O)N[C@H](C(=O)N1CCC[C@H]1c1ncc(-c2ccc(-c3cc(F)c(NC(=O)c4ccc(F)nc4)cc3C(F)(F)F)cc2)[nH]1)C(C)C. The second kappa shape index (κ2) is 13.8. The fraction of sp³-hybridized carbons (Fsp3) is 0.303. The third kappa shape index (κ3) is 7.29. The minimum absolute atomic E-state index is 0.0655. The molecule has 1 fully saturated rings. The molecule has 2 atom stereocenters. The number of hydrogen-bond donors (Lipinski definition) is 3. The topological polar surface area (TPSA) is 129 Å². The maximum atomic E-state index is 15.1. The quantitative estimate of drug-likeness (QED) is 0.141. The molecule has 3 heterocycles. The summed E-state index contributed by atoms with van der Waals surface area (Å²) in [5.74, 6) is -2.90. The van der Waals surface area contributed by atoms with Crippen molar-refractivity contribution in [1.29, 1.82) is 0 Å². The maximum Gasteiger partial charge on any atom is 0.417 e. The number of aromatic amines is 1. The minimum atomic E-state index is -4.90. The van der Waals surface area contributed by atoms with Crippen LogP contribution in [-0.4, -0.2) is 57.5 Å². The molecule has 0 spiro atoms. The zero-order chi connectivity index (χ0) is 34.7. The summed E-state index contributed by atoms with van der Waals surface area (Å²) < 4.78 is 75.3. The molecule has 1 saturated heterocycles. The lowest BCUT2D eigenvalue weighted by Gasteiger charge is -2.30. The van der Waals surface area contributed by atoms with Gasteiger partial charge in [0.15, 0.2) is 0 Å². The van der Waals surface area contributed by atoms with Gasteiger partial charge in [0.2, 0.25) is 11.9 Å². The van der Waals surface area contributed by atoms with Crippen molar-refractivity contribution in [2.45, 2.75) is 44.9 Å². The first-order valence-electron chi connectivity index (χ1n) is 14.9. The molecule has 0 unspecified atom stereocenters. The predicted molar refractivity (Wildman–Crippen MR) is 164 cm³/mol. The van der Waals surface area contributed by atoms with Crippen LogP contribution in [0.5, 0.6) is 0 Å². The Morgan fingerprint density at radius 3 is 2.33 bits per heavy atom. The van der Waals surface area contributed by atoms with Gasteiger partial charge in [-0.15, -0.1) is 0 Å². The fourth-order valence-electron chi connectivity index (χ4n) is 5.52. The van der Waals surface area contributed by atoms with E-state index in [0.717, 1.165) is 18.3 Å². The van der Waals surface area contributed by atoms with E-state index in [1.54, 1.807) is 23.2 Å². The van der Waals surface area contributed by atoms with Crippen LogP contribution in [0.4, 0.5) is 32.4 Å². The number of rotatable bonds is 8. The van der Waals surface area contributed by atoms with E-state index in [1.807, 2.05) is 13.8 Å². The summed E-state index contributed by atoms with van der Waals surface area (Å²) in [4.78, 5) is 50.3. The number of halogens is 5. The summed E-state index contributed by atoms with van der Waals surface area (Å²) in [5.41, 5.74) is -1.32. The van der Waals surface area contributed by atoms with E-state index in [2.05, 4.69) is 30.3 Å². The van der Waals surface area contributed by atoms with Crippen molar-refractivity contribution in [2.24, 2.45) is 5.92 Å². The first kappa shape index (κ1) is 34.0. The Bertz CT molecular complexity index is 1810. The maximum absolute atomic E-state index is 15.1. The Labute approximate surface area is 271 Å². The van der Waals surface area contributed by atoms with Gasteiger partial charge in [0, 0.05) is 12.7 Å². The van der Waals surface area contributed by atoms with Crippen LogP contribution in [0.1, 0.15) is 54.5 Å². The highest BCUT2D eigenvalue weighted by molar-refractivity contribution is 6.04. The van der Waals surface area contributed by atoms with Crippen molar-refractivity contribution < 1.29 is 41.1 Å². The number of ether oxygens (including phenoxy) is 1. The van der Waals surface area contributed by atoms with Gasteiger partial charge in [-0.25, -0.2) is 19.2 Å². The van der Waals surface area contributed by atoms with Gasteiger partial charge in [0.1, 0.15) is 17.7 Å². The molecule has 1 aliphatic rings. The van der Waals surface area contributed by atoms with Crippen LogP contribution in [0.3, 0.4) is 0 Å². The molecule has 15 heteroatoms. The van der Waals surface area contributed by atoms with Gasteiger partial charge in [0.25, 0.3) is 5.91 Å². The summed E-state index contributed by atoms with van der Waals surface area (Å²) in [7, 11) is 1.22. The standard InChI is InChI=1S/C33H31F5N6O4/c1-17(2)28(43-32(47)48-3)31(46)44-12-4-5-26(44)29-40-16-25(41-29)19-8-6-18(7-9-19)21-13-23(34)24(14-22(21)33(36,37)38)42-30(45)20-10-11-27(35)39-15-20/h6-11,13-17,26,28H,4-5,12H2,1-3H3,(H,40,41)(H,42,45)(H,43,47)/t26-,28-/m0/s1. The highest BCUT2D eigenvalue weighted by Crippen LogP contribution is 2.40. The molecule has 2 aromatic heterocycles. The van der Waals surface area contributed by atoms with E-state index in [1.165, 1.54) is 19.2 Å². The lowest BCUT2D eigenvalue weighted by molar-refractivity contribution is -0.137. The minimum Gasteiger partial charge on any atom is -0.453 e. The van der Waals surface area contributed by atoms with Crippen molar-refractivity contribution in [2.75, 3.05) is 19.0 Å². The zero-order valence-electron chi connectivity index (χ0n) is 26.0. The van der Waals surface area contributed by atoms with Crippen molar-refractivity contribution >= 4 is 23.6 Å². The van der Waals surface area contributed by atoms with Gasteiger partial charge in [-0.1, -0.05) is 38.1 Å². The van der Waals surface area contributed by atoms with E-state index in [-0.39, 0.29) is 29.0 Å². The lowest BCUT2D eigenvalue weighted by atomic mass is 9.96. The number of nitrogens with one attached hydrogen (secondary N) is 3. The molecule has 0 bridgehead atoms. The van der Waals surface area contributed by atoms with E-state index in [9.17, 15) is 31.9 Å². The van der Waals surface area contributed by atoms with Gasteiger partial charge < -0.3 is 25.3 Å². The Hall–Kier alpha value is -5.34. The number of H-pyrrole nitrogens is 1. The third-order valence-corrected chi connectivity index (χ3v) is 8.00. The van der Waals surface area contributed by atoms with E-state index >= 15 is 4.39 Å². The number of anilines is 1.